The van der Waals surface area contributed by atoms with Gasteiger partial charge in [-0.05, 0) is 19.2 Å². The highest BCUT2D eigenvalue weighted by Crippen LogP contribution is 2.21. The number of amides is 1. The van der Waals surface area contributed by atoms with Crippen LogP contribution in [0.4, 0.5) is 5.69 Å². The van der Waals surface area contributed by atoms with Crippen LogP contribution in [0.2, 0.25) is 0 Å². The fourth-order valence-electron chi connectivity index (χ4n) is 2.24. The summed E-state index contributed by atoms with van der Waals surface area (Å²) >= 11 is 0. The van der Waals surface area contributed by atoms with Crippen LogP contribution in [0.1, 0.15) is 5.56 Å². The zero-order valence-corrected chi connectivity index (χ0v) is 11.1. The summed E-state index contributed by atoms with van der Waals surface area (Å²) in [5.74, 6) is 0.0602. The zero-order valence-electron chi connectivity index (χ0n) is 11.1. The predicted molar refractivity (Wildman–Crippen MR) is 73.9 cm³/mol. The molecule has 1 fully saturated rings. The van der Waals surface area contributed by atoms with Crippen molar-refractivity contribution in [3.05, 3.63) is 29.8 Å². The van der Waals surface area contributed by atoms with Gasteiger partial charge in [-0.2, -0.15) is 5.26 Å². The molecule has 5 nitrogen and oxygen atoms in total. The second-order valence-corrected chi connectivity index (χ2v) is 4.55. The number of rotatable bonds is 4. The highest BCUT2D eigenvalue weighted by atomic mass is 16.2. The molecule has 19 heavy (non-hydrogen) atoms. The minimum absolute atomic E-state index is 0.0602. The number of carbonyl (C=O) groups excluding carboxylic acids is 1. The van der Waals surface area contributed by atoms with Gasteiger partial charge in [0.25, 0.3) is 0 Å². The molecule has 1 aromatic carbocycles. The van der Waals surface area contributed by atoms with Crippen molar-refractivity contribution in [2.45, 2.75) is 0 Å². The van der Waals surface area contributed by atoms with Gasteiger partial charge in [-0.1, -0.05) is 12.1 Å². The summed E-state index contributed by atoms with van der Waals surface area (Å²) < 4.78 is 0. The Hall–Kier alpha value is -1.90. The van der Waals surface area contributed by atoms with Crippen LogP contribution in [-0.4, -0.2) is 50.6 Å². The molecule has 1 heterocycles. The fourth-order valence-corrected chi connectivity index (χ4v) is 2.24. The molecule has 1 aliphatic rings. The van der Waals surface area contributed by atoms with Crippen LogP contribution >= 0.6 is 0 Å². The lowest BCUT2D eigenvalue weighted by molar-refractivity contribution is -0.121. The molecule has 0 aliphatic carbocycles. The molecule has 0 aromatic heterocycles. The number of carbonyl (C=O) groups is 1. The second kappa shape index (κ2) is 6.32. The van der Waals surface area contributed by atoms with E-state index < -0.39 is 0 Å². The first-order valence-corrected chi connectivity index (χ1v) is 6.42. The first kappa shape index (κ1) is 13.5. The molecule has 0 spiro atoms. The van der Waals surface area contributed by atoms with Crippen LogP contribution in [0, 0.1) is 11.3 Å². The van der Waals surface area contributed by atoms with Crippen LogP contribution in [0.15, 0.2) is 24.3 Å². The molecule has 1 saturated heterocycles. The average molecular weight is 258 g/mol. The van der Waals surface area contributed by atoms with Crippen LogP contribution in [0.25, 0.3) is 0 Å². The van der Waals surface area contributed by atoms with Crippen molar-refractivity contribution in [3.8, 4) is 6.07 Å². The van der Waals surface area contributed by atoms with Gasteiger partial charge in [0.1, 0.15) is 6.07 Å². The summed E-state index contributed by atoms with van der Waals surface area (Å²) in [6.45, 7) is 3.65. The van der Waals surface area contributed by atoms with E-state index in [0.717, 1.165) is 25.3 Å². The van der Waals surface area contributed by atoms with Gasteiger partial charge in [0.15, 0.2) is 0 Å². The Balaban J connectivity index is 2.08. The standard InChI is InChI=1S/C14H18N4O/c1-16-6-7-17-8-9-18(14(19)11-17)13-5-3-2-4-12(13)10-15/h2-5,16H,6-9,11H2,1H3. The lowest BCUT2D eigenvalue weighted by atomic mass is 10.1. The third-order valence-electron chi connectivity index (χ3n) is 3.29. The van der Waals surface area contributed by atoms with Crippen molar-refractivity contribution in [3.63, 3.8) is 0 Å². The van der Waals surface area contributed by atoms with Gasteiger partial charge in [0.2, 0.25) is 5.91 Å². The molecule has 2 rings (SSSR count). The fraction of sp³-hybridized carbons (Fsp3) is 0.429. The quantitative estimate of drug-likeness (QED) is 0.850. The molecule has 0 saturated carbocycles. The van der Waals surface area contributed by atoms with E-state index in [1.54, 1.807) is 11.0 Å². The number of anilines is 1. The third-order valence-corrected chi connectivity index (χ3v) is 3.29. The highest BCUT2D eigenvalue weighted by molar-refractivity contribution is 5.96. The van der Waals surface area contributed by atoms with Gasteiger partial charge < -0.3 is 10.2 Å². The molecule has 0 bridgehead atoms. The van der Waals surface area contributed by atoms with Crippen molar-refractivity contribution >= 4 is 11.6 Å². The summed E-state index contributed by atoms with van der Waals surface area (Å²) in [6.07, 6.45) is 0. The van der Waals surface area contributed by atoms with Gasteiger partial charge in [0, 0.05) is 26.2 Å². The van der Waals surface area contributed by atoms with Gasteiger partial charge >= 0.3 is 0 Å². The lowest BCUT2D eigenvalue weighted by Crippen LogP contribution is -2.51. The zero-order chi connectivity index (χ0) is 13.7. The molecule has 1 amide bonds. The first-order valence-electron chi connectivity index (χ1n) is 6.42. The van der Waals surface area contributed by atoms with E-state index in [2.05, 4.69) is 16.3 Å². The Bertz CT molecular complexity index is 494. The Labute approximate surface area is 113 Å². The largest absolute Gasteiger partial charge is 0.318 e. The van der Waals surface area contributed by atoms with E-state index in [-0.39, 0.29) is 5.91 Å². The number of para-hydroxylation sites is 1. The van der Waals surface area contributed by atoms with E-state index in [0.29, 0.717) is 18.7 Å². The van der Waals surface area contributed by atoms with Gasteiger partial charge in [-0.25, -0.2) is 0 Å². The van der Waals surface area contributed by atoms with Crippen LogP contribution in [-0.2, 0) is 4.79 Å². The molecule has 1 aromatic rings. The van der Waals surface area contributed by atoms with Crippen LogP contribution in [0.5, 0.6) is 0 Å². The predicted octanol–water partition coefficient (Wildman–Crippen LogP) is 0.426. The Morgan fingerprint density at radius 1 is 1.37 bits per heavy atom. The van der Waals surface area contributed by atoms with E-state index in [1.807, 2.05) is 25.2 Å². The van der Waals surface area contributed by atoms with E-state index in [1.165, 1.54) is 0 Å². The van der Waals surface area contributed by atoms with Gasteiger partial charge in [-0.3, -0.25) is 9.69 Å². The average Bonchev–Trinajstić information content (AvgIpc) is 2.45. The normalized spacial score (nSPS) is 16.4. The van der Waals surface area contributed by atoms with Gasteiger partial charge in [0.05, 0.1) is 17.8 Å². The van der Waals surface area contributed by atoms with Crippen molar-refractivity contribution in [2.24, 2.45) is 0 Å². The minimum Gasteiger partial charge on any atom is -0.318 e. The molecule has 100 valence electrons. The van der Waals surface area contributed by atoms with Crippen molar-refractivity contribution in [2.75, 3.05) is 44.7 Å². The topological polar surface area (TPSA) is 59.4 Å². The summed E-state index contributed by atoms with van der Waals surface area (Å²) in [4.78, 5) is 16.0. The second-order valence-electron chi connectivity index (χ2n) is 4.55. The summed E-state index contributed by atoms with van der Waals surface area (Å²) in [7, 11) is 1.90. The molecule has 0 atom stereocenters. The molecule has 0 unspecified atom stereocenters. The summed E-state index contributed by atoms with van der Waals surface area (Å²) in [5, 5.41) is 12.2. The van der Waals surface area contributed by atoms with Crippen molar-refractivity contribution in [1.82, 2.24) is 10.2 Å². The Morgan fingerprint density at radius 2 is 2.16 bits per heavy atom. The van der Waals surface area contributed by atoms with Crippen molar-refractivity contribution in [1.29, 1.82) is 5.26 Å². The summed E-state index contributed by atoms with van der Waals surface area (Å²) in [5.41, 5.74) is 1.28. The van der Waals surface area contributed by atoms with E-state index in [4.69, 9.17) is 5.26 Å². The molecule has 1 N–H and O–H groups in total. The Kier molecular flexibility index (Phi) is 4.50. The van der Waals surface area contributed by atoms with Gasteiger partial charge in [-0.15, -0.1) is 0 Å². The minimum atomic E-state index is 0.0602. The SMILES string of the molecule is CNCCN1CCN(c2ccccc2C#N)C(=O)C1. The number of nitrogens with zero attached hydrogens (tertiary/aromatic N) is 3. The number of nitriles is 1. The third kappa shape index (κ3) is 3.11. The maximum atomic E-state index is 12.2. The molecule has 5 heteroatoms. The smallest absolute Gasteiger partial charge is 0.241 e. The molecule has 0 radical (unpaired) electrons. The maximum Gasteiger partial charge on any atom is 0.241 e. The van der Waals surface area contributed by atoms with E-state index in [9.17, 15) is 4.79 Å². The first-order chi connectivity index (χ1) is 9.26. The molecule has 1 aliphatic heterocycles. The van der Waals surface area contributed by atoms with Crippen molar-refractivity contribution < 1.29 is 4.79 Å². The molecular formula is C14H18N4O. The number of piperazine rings is 1. The molecular weight excluding hydrogens is 240 g/mol. The number of benzene rings is 1. The number of hydrogen-bond donors (Lipinski definition) is 1. The van der Waals surface area contributed by atoms with E-state index >= 15 is 0 Å². The lowest BCUT2D eigenvalue weighted by Gasteiger charge is -2.34. The highest BCUT2D eigenvalue weighted by Gasteiger charge is 2.25. The number of likely N-dealkylation sites (N-methyl/N-ethyl adjacent to an activating group) is 1. The summed E-state index contributed by atoms with van der Waals surface area (Å²) in [6, 6.07) is 9.39. The maximum absolute atomic E-state index is 12.2. The number of hydrogen-bond acceptors (Lipinski definition) is 4. The number of nitrogens with one attached hydrogen (secondary N) is 1. The van der Waals surface area contributed by atoms with Crippen LogP contribution in [0.3, 0.4) is 0 Å². The Morgan fingerprint density at radius 3 is 2.84 bits per heavy atom. The monoisotopic (exact) mass is 258 g/mol. The van der Waals surface area contributed by atoms with Crippen LogP contribution < -0.4 is 10.2 Å².